The highest BCUT2D eigenvalue weighted by Crippen LogP contribution is 2.58. The van der Waals surface area contributed by atoms with E-state index in [0.717, 1.165) is 22.1 Å². The number of carbonyl (C=O) groups is 1. The first kappa shape index (κ1) is 23.4. The van der Waals surface area contributed by atoms with Crippen LogP contribution in [0.25, 0.3) is 0 Å². The Kier molecular flexibility index (Phi) is 6.44. The quantitative estimate of drug-likeness (QED) is 0.151. The Labute approximate surface area is 215 Å². The normalized spacial score (nSPS) is 25.2. The van der Waals surface area contributed by atoms with Crippen molar-refractivity contribution in [1.29, 1.82) is 0 Å². The van der Waals surface area contributed by atoms with Crippen molar-refractivity contribution >= 4 is 56.5 Å². The van der Waals surface area contributed by atoms with E-state index in [1.807, 2.05) is 36.4 Å². The maximum atomic E-state index is 12.1. The number of thioether (sulfide) groups is 1. The lowest BCUT2D eigenvalue weighted by Crippen LogP contribution is -2.31. The molecule has 5 unspecified atom stereocenters. The van der Waals surface area contributed by atoms with E-state index in [1.54, 1.807) is 19.1 Å². The summed E-state index contributed by atoms with van der Waals surface area (Å²) in [7, 11) is 0. The number of Topliss-reactive ketones (excluding diaryl/α,β-unsaturated/α-hetero) is 1. The summed E-state index contributed by atoms with van der Waals surface area (Å²) in [6.07, 6.45) is 0.799. The summed E-state index contributed by atoms with van der Waals surface area (Å²) in [5.41, 5.74) is 3.98. The van der Waals surface area contributed by atoms with Crippen LogP contribution in [0.2, 0.25) is 0 Å². The molecular weight excluding hydrogens is 536 g/mol. The number of anilines is 1. The second kappa shape index (κ2) is 9.36. The van der Waals surface area contributed by atoms with Gasteiger partial charge < -0.3 is 5.32 Å². The minimum absolute atomic E-state index is 0.00977. The topological polar surface area (TPSA) is 72.2 Å². The van der Waals surface area contributed by atoms with Gasteiger partial charge in [0.15, 0.2) is 5.78 Å². The summed E-state index contributed by atoms with van der Waals surface area (Å²) < 4.78 is 1.02. The average Bonchev–Trinajstić information content (AvgIpc) is 3.15. The van der Waals surface area contributed by atoms with Crippen LogP contribution in [0.5, 0.6) is 0 Å². The summed E-state index contributed by atoms with van der Waals surface area (Å²) in [6, 6.07) is 21.0. The third-order valence-electron chi connectivity index (χ3n) is 6.79. The Bertz CT molecular complexity index is 1270. The molecule has 5 nitrogen and oxygen atoms in total. The van der Waals surface area contributed by atoms with Crippen molar-refractivity contribution in [3.8, 4) is 0 Å². The number of ketones is 1. The van der Waals surface area contributed by atoms with E-state index in [4.69, 9.17) is 11.6 Å². The second-order valence-corrected chi connectivity index (χ2v) is 11.5. The molecule has 1 fully saturated rings. The first-order valence-corrected chi connectivity index (χ1v) is 13.2. The highest BCUT2D eigenvalue weighted by Gasteiger charge is 2.50. The molecule has 1 aliphatic carbocycles. The molecule has 0 aromatic heterocycles. The van der Waals surface area contributed by atoms with Gasteiger partial charge in [0.05, 0.1) is 21.2 Å². The number of rotatable bonds is 5. The Balaban J connectivity index is 1.55. The van der Waals surface area contributed by atoms with Gasteiger partial charge in [-0.1, -0.05) is 40.2 Å². The number of nitrogens with one attached hydrogen (secondary N) is 1. The molecule has 3 aromatic rings. The number of carbonyl (C=O) groups excluding carboxylic acids is 1. The summed E-state index contributed by atoms with van der Waals surface area (Å²) in [6.45, 7) is 1.57. The number of hydrogen-bond acceptors (Lipinski definition) is 5. The molecule has 1 N–H and O–H groups in total. The zero-order valence-electron chi connectivity index (χ0n) is 18.3. The van der Waals surface area contributed by atoms with Gasteiger partial charge in [0, 0.05) is 33.0 Å². The van der Waals surface area contributed by atoms with Gasteiger partial charge in [-0.2, -0.15) is 0 Å². The molecular formula is C26H22BrClN2O3S. The van der Waals surface area contributed by atoms with Gasteiger partial charge in [0.1, 0.15) is 0 Å². The fourth-order valence-corrected chi connectivity index (χ4v) is 7.41. The van der Waals surface area contributed by atoms with E-state index >= 15 is 0 Å². The summed E-state index contributed by atoms with van der Waals surface area (Å²) >= 11 is 12.2. The minimum atomic E-state index is -0.339. The molecule has 174 valence electrons. The zero-order valence-corrected chi connectivity index (χ0v) is 21.4. The lowest BCUT2D eigenvalue weighted by atomic mass is 9.76. The molecule has 0 saturated heterocycles. The average molecular weight is 558 g/mol. The first-order chi connectivity index (χ1) is 16.3. The smallest absolute Gasteiger partial charge is 0.282 e. The van der Waals surface area contributed by atoms with E-state index in [0.29, 0.717) is 10.5 Å². The van der Waals surface area contributed by atoms with E-state index < -0.39 is 0 Å². The summed E-state index contributed by atoms with van der Waals surface area (Å²) in [4.78, 5) is 24.0. The summed E-state index contributed by atoms with van der Waals surface area (Å²) in [5.74, 6) is 0.217. The monoisotopic (exact) mass is 556 g/mol. The number of alkyl halides is 1. The Morgan fingerprint density at radius 3 is 2.59 bits per heavy atom. The molecule has 0 amide bonds. The molecule has 1 saturated carbocycles. The fourth-order valence-electron chi connectivity index (χ4n) is 5.21. The molecule has 0 bridgehead atoms. The third kappa shape index (κ3) is 4.25. The van der Waals surface area contributed by atoms with Gasteiger partial charge in [-0.25, -0.2) is 0 Å². The molecule has 34 heavy (non-hydrogen) atoms. The van der Waals surface area contributed by atoms with Crippen molar-refractivity contribution in [2.24, 2.45) is 5.92 Å². The van der Waals surface area contributed by atoms with Gasteiger partial charge in [0.25, 0.3) is 5.69 Å². The van der Waals surface area contributed by atoms with Gasteiger partial charge in [0.2, 0.25) is 0 Å². The SMILES string of the molecule is CC(=O)c1ccc2c(c1)C1C(Cl)C(Sc3ccccc3[N+](=O)[O-])CC1C(c1ccc(Br)cc1)N2. The Morgan fingerprint density at radius 1 is 1.15 bits per heavy atom. The van der Waals surface area contributed by atoms with Crippen LogP contribution < -0.4 is 5.32 Å². The van der Waals surface area contributed by atoms with Crippen LogP contribution in [0, 0.1) is 16.0 Å². The molecule has 1 aliphatic heterocycles. The number of nitrogens with zero attached hydrogens (tertiary/aromatic N) is 1. The van der Waals surface area contributed by atoms with Gasteiger partial charge in [-0.3, -0.25) is 14.9 Å². The third-order valence-corrected chi connectivity index (χ3v) is 9.43. The standard InChI is InChI=1S/C26H22BrClN2O3S/c1-14(31)16-8-11-20-18(12-16)24-19(26(29-20)15-6-9-17(27)10-7-15)13-23(25(24)28)34-22-5-3-2-4-21(22)30(32)33/h2-12,19,23-26,29H,13H2,1H3. The number of halogens is 2. The van der Waals surface area contributed by atoms with Crippen molar-refractivity contribution in [1.82, 2.24) is 0 Å². The maximum Gasteiger partial charge on any atom is 0.282 e. The first-order valence-electron chi connectivity index (χ1n) is 11.0. The Hall–Kier alpha value is -2.35. The van der Waals surface area contributed by atoms with Crippen molar-refractivity contribution in [3.05, 3.63) is 98.0 Å². The molecule has 0 radical (unpaired) electrons. The van der Waals surface area contributed by atoms with Crippen molar-refractivity contribution in [2.75, 3.05) is 5.32 Å². The van der Waals surface area contributed by atoms with Crippen LogP contribution in [-0.4, -0.2) is 21.3 Å². The molecule has 3 aromatic carbocycles. The van der Waals surface area contributed by atoms with Crippen molar-refractivity contribution < 1.29 is 9.72 Å². The number of hydrogen-bond donors (Lipinski definition) is 1. The van der Waals surface area contributed by atoms with Crippen LogP contribution in [0.3, 0.4) is 0 Å². The van der Waals surface area contributed by atoms with Gasteiger partial charge >= 0.3 is 0 Å². The van der Waals surface area contributed by atoms with E-state index in [2.05, 4.69) is 33.4 Å². The predicted octanol–water partition coefficient (Wildman–Crippen LogP) is 7.60. The second-order valence-electron chi connectivity index (χ2n) is 8.78. The van der Waals surface area contributed by atoms with Crippen LogP contribution in [-0.2, 0) is 0 Å². The zero-order chi connectivity index (χ0) is 24.0. The molecule has 0 spiro atoms. The lowest BCUT2D eigenvalue weighted by molar-refractivity contribution is -0.387. The van der Waals surface area contributed by atoms with E-state index in [-0.39, 0.29) is 44.9 Å². The molecule has 5 rings (SSSR count). The van der Waals surface area contributed by atoms with E-state index in [1.165, 1.54) is 23.4 Å². The number of para-hydroxylation sites is 1. The predicted molar refractivity (Wildman–Crippen MR) is 140 cm³/mol. The van der Waals surface area contributed by atoms with Crippen LogP contribution in [0.1, 0.15) is 46.8 Å². The van der Waals surface area contributed by atoms with Gasteiger partial charge in [-0.15, -0.1) is 23.4 Å². The summed E-state index contributed by atoms with van der Waals surface area (Å²) in [5, 5.41) is 15.0. The van der Waals surface area contributed by atoms with E-state index in [9.17, 15) is 14.9 Å². The fraction of sp³-hybridized carbons (Fsp3) is 0.269. The highest BCUT2D eigenvalue weighted by atomic mass is 79.9. The highest BCUT2D eigenvalue weighted by molar-refractivity contribution is 9.10. The largest absolute Gasteiger partial charge is 0.378 e. The van der Waals surface area contributed by atoms with Crippen LogP contribution >= 0.6 is 39.3 Å². The number of benzene rings is 3. The van der Waals surface area contributed by atoms with Crippen LogP contribution in [0.4, 0.5) is 11.4 Å². The Morgan fingerprint density at radius 2 is 1.88 bits per heavy atom. The molecule has 2 aliphatic rings. The maximum absolute atomic E-state index is 12.1. The van der Waals surface area contributed by atoms with Crippen molar-refractivity contribution in [2.45, 2.75) is 40.8 Å². The van der Waals surface area contributed by atoms with Crippen LogP contribution in [0.15, 0.2) is 76.1 Å². The van der Waals surface area contributed by atoms with Crippen molar-refractivity contribution in [3.63, 3.8) is 0 Å². The van der Waals surface area contributed by atoms with Gasteiger partial charge in [-0.05, 0) is 66.8 Å². The number of fused-ring (bicyclic) bond motifs is 3. The number of nitro groups is 1. The lowest BCUT2D eigenvalue weighted by Gasteiger charge is -2.38. The number of nitro benzene ring substituents is 1. The molecule has 8 heteroatoms. The minimum Gasteiger partial charge on any atom is -0.378 e. The molecule has 5 atom stereocenters. The molecule has 1 heterocycles.